The normalized spacial score (nSPS) is 14.1. The molecule has 0 unspecified atom stereocenters. The lowest BCUT2D eigenvalue weighted by molar-refractivity contribution is 0.234. The minimum Gasteiger partial charge on any atom is -0.497 e. The molecule has 0 amide bonds. The number of benzene rings is 3. The Morgan fingerprint density at radius 2 is 1.83 bits per heavy atom. The predicted octanol–water partition coefficient (Wildman–Crippen LogP) is 6.08. The molecule has 1 aliphatic heterocycles. The van der Waals surface area contributed by atoms with E-state index in [-0.39, 0.29) is 0 Å². The molecule has 1 fully saturated rings. The van der Waals surface area contributed by atoms with Gasteiger partial charge in [-0.2, -0.15) is 0 Å². The summed E-state index contributed by atoms with van der Waals surface area (Å²) in [5.41, 5.74) is 5.74. The minimum atomic E-state index is 0.620. The van der Waals surface area contributed by atoms with Crippen LogP contribution in [0.3, 0.4) is 0 Å². The van der Waals surface area contributed by atoms with Gasteiger partial charge in [0.15, 0.2) is 0 Å². The Hall–Kier alpha value is -3.68. The maximum atomic E-state index is 5.36. The summed E-state index contributed by atoms with van der Waals surface area (Å²) in [6.07, 6.45) is 4.29. The van der Waals surface area contributed by atoms with Gasteiger partial charge in [-0.1, -0.05) is 36.8 Å². The lowest BCUT2D eigenvalue weighted by Crippen LogP contribution is -2.47. The number of hydrogen-bond donors (Lipinski definition) is 1. The number of nitrogens with one attached hydrogen (secondary N) is 1. The lowest BCUT2D eigenvalue weighted by atomic mass is 10.00. The van der Waals surface area contributed by atoms with E-state index >= 15 is 0 Å². The highest BCUT2D eigenvalue weighted by Gasteiger charge is 2.20. The van der Waals surface area contributed by atoms with Crippen LogP contribution in [0.5, 0.6) is 5.75 Å². The van der Waals surface area contributed by atoms with Crippen LogP contribution in [0.4, 0.5) is 11.6 Å². The first kappa shape index (κ1) is 28.8. The quantitative estimate of drug-likeness (QED) is 0.229. The third kappa shape index (κ3) is 7.54. The standard InChI is InChI=1S/C34H44N6O/c1-5-14-38(3)15-7-16-39-17-19-40(20-18-39)33-24-29(23-28-11-10-26(2)21-31(28)33)32-12-13-35-34(37-32)36-25-27-8-6-9-30(22-27)41-4/h6,8-13,21-24H,5,7,14-20,25H2,1-4H3,(H,35,36,37). The number of aryl methyl sites for hydroxylation is 1. The maximum absolute atomic E-state index is 5.36. The molecule has 3 aromatic carbocycles. The van der Waals surface area contributed by atoms with E-state index in [1.165, 1.54) is 54.5 Å². The molecule has 1 aromatic heterocycles. The van der Waals surface area contributed by atoms with Crippen LogP contribution in [-0.2, 0) is 6.54 Å². The van der Waals surface area contributed by atoms with Gasteiger partial charge in [0.05, 0.1) is 12.8 Å². The van der Waals surface area contributed by atoms with Gasteiger partial charge in [0.1, 0.15) is 5.75 Å². The highest BCUT2D eigenvalue weighted by molar-refractivity contribution is 5.98. The summed E-state index contributed by atoms with van der Waals surface area (Å²) < 4.78 is 5.36. The Morgan fingerprint density at radius 1 is 0.976 bits per heavy atom. The van der Waals surface area contributed by atoms with Crippen molar-refractivity contribution in [2.75, 3.05) is 70.2 Å². The third-order valence-corrected chi connectivity index (χ3v) is 7.96. The first-order valence-electron chi connectivity index (χ1n) is 14.9. The van der Waals surface area contributed by atoms with E-state index in [0.29, 0.717) is 12.5 Å². The van der Waals surface area contributed by atoms with Crippen molar-refractivity contribution in [3.8, 4) is 17.0 Å². The molecule has 7 nitrogen and oxygen atoms in total. The molecule has 1 aliphatic rings. The van der Waals surface area contributed by atoms with Crippen molar-refractivity contribution in [1.82, 2.24) is 19.8 Å². The SMILES string of the molecule is CCCN(C)CCCN1CCN(c2cc(-c3ccnc(NCc4cccc(OC)c4)n3)cc3ccc(C)cc23)CC1. The fraction of sp³-hybridized carbons (Fsp3) is 0.412. The second-order valence-electron chi connectivity index (χ2n) is 11.2. The molecule has 5 rings (SSSR count). The van der Waals surface area contributed by atoms with Crippen molar-refractivity contribution >= 4 is 22.4 Å². The maximum Gasteiger partial charge on any atom is 0.223 e. The number of aromatic nitrogens is 2. The Kier molecular flexibility index (Phi) is 9.70. The molecule has 4 aromatic rings. The fourth-order valence-electron chi connectivity index (χ4n) is 5.70. The summed E-state index contributed by atoms with van der Waals surface area (Å²) in [6, 6.07) is 21.4. The molecule has 7 heteroatoms. The van der Waals surface area contributed by atoms with Crippen LogP contribution >= 0.6 is 0 Å². The highest BCUT2D eigenvalue weighted by Crippen LogP contribution is 2.34. The molecule has 0 saturated carbocycles. The van der Waals surface area contributed by atoms with E-state index < -0.39 is 0 Å². The van der Waals surface area contributed by atoms with Gasteiger partial charge < -0.3 is 19.9 Å². The highest BCUT2D eigenvalue weighted by atomic mass is 16.5. The largest absolute Gasteiger partial charge is 0.497 e. The molecular formula is C34H44N6O. The lowest BCUT2D eigenvalue weighted by Gasteiger charge is -2.37. The Bertz CT molecular complexity index is 1430. The fourth-order valence-corrected chi connectivity index (χ4v) is 5.70. The van der Waals surface area contributed by atoms with E-state index in [4.69, 9.17) is 9.72 Å². The summed E-state index contributed by atoms with van der Waals surface area (Å²) in [6.45, 7) is 12.9. The van der Waals surface area contributed by atoms with Crippen LogP contribution in [0.15, 0.2) is 66.9 Å². The molecule has 1 saturated heterocycles. The van der Waals surface area contributed by atoms with Crippen molar-refractivity contribution in [3.63, 3.8) is 0 Å². The Morgan fingerprint density at radius 3 is 2.63 bits per heavy atom. The number of hydrogen-bond acceptors (Lipinski definition) is 7. The second kappa shape index (κ2) is 13.8. The monoisotopic (exact) mass is 552 g/mol. The van der Waals surface area contributed by atoms with Crippen molar-refractivity contribution in [2.45, 2.75) is 33.2 Å². The van der Waals surface area contributed by atoms with Crippen molar-refractivity contribution in [1.29, 1.82) is 0 Å². The third-order valence-electron chi connectivity index (χ3n) is 7.96. The van der Waals surface area contributed by atoms with E-state index in [2.05, 4.69) is 82.3 Å². The first-order chi connectivity index (χ1) is 20.0. The molecule has 41 heavy (non-hydrogen) atoms. The molecule has 0 spiro atoms. The zero-order valence-electron chi connectivity index (χ0n) is 25.1. The number of ether oxygens (including phenoxy) is 1. The zero-order valence-corrected chi connectivity index (χ0v) is 25.1. The zero-order chi connectivity index (χ0) is 28.6. The van der Waals surface area contributed by atoms with Crippen LogP contribution < -0.4 is 15.0 Å². The van der Waals surface area contributed by atoms with Crippen LogP contribution in [0, 0.1) is 6.92 Å². The minimum absolute atomic E-state index is 0.620. The van der Waals surface area contributed by atoms with E-state index in [9.17, 15) is 0 Å². The van der Waals surface area contributed by atoms with Crippen LogP contribution in [0.25, 0.3) is 22.0 Å². The van der Waals surface area contributed by atoms with Crippen molar-refractivity contribution in [3.05, 3.63) is 78.0 Å². The van der Waals surface area contributed by atoms with E-state index in [1.54, 1.807) is 7.11 Å². The Labute approximate surface area is 245 Å². The number of rotatable bonds is 12. The van der Waals surface area contributed by atoms with Gasteiger partial charge in [-0.3, -0.25) is 4.90 Å². The van der Waals surface area contributed by atoms with Crippen LogP contribution in [-0.4, -0.2) is 79.7 Å². The van der Waals surface area contributed by atoms with Crippen LogP contribution in [0.1, 0.15) is 30.9 Å². The summed E-state index contributed by atoms with van der Waals surface area (Å²) >= 11 is 0. The van der Waals surface area contributed by atoms with Gasteiger partial charge in [0.2, 0.25) is 5.95 Å². The molecule has 0 aliphatic carbocycles. The molecular weight excluding hydrogens is 508 g/mol. The first-order valence-corrected chi connectivity index (χ1v) is 14.9. The number of piperazine rings is 1. The summed E-state index contributed by atoms with van der Waals surface area (Å²) in [7, 11) is 3.92. The summed E-state index contributed by atoms with van der Waals surface area (Å²) in [4.78, 5) is 17.0. The van der Waals surface area contributed by atoms with E-state index in [1.807, 2.05) is 30.5 Å². The van der Waals surface area contributed by atoms with Crippen molar-refractivity contribution in [2.24, 2.45) is 0 Å². The number of anilines is 2. The predicted molar refractivity (Wildman–Crippen MR) is 171 cm³/mol. The Balaban J connectivity index is 1.32. The topological polar surface area (TPSA) is 56.8 Å². The van der Waals surface area contributed by atoms with Gasteiger partial charge in [0.25, 0.3) is 0 Å². The number of nitrogens with zero attached hydrogens (tertiary/aromatic N) is 5. The summed E-state index contributed by atoms with van der Waals surface area (Å²) in [5.74, 6) is 1.47. The molecule has 2 heterocycles. The van der Waals surface area contributed by atoms with Gasteiger partial charge in [-0.25, -0.2) is 9.97 Å². The van der Waals surface area contributed by atoms with Gasteiger partial charge in [-0.05, 0) is 93.8 Å². The molecule has 216 valence electrons. The second-order valence-corrected chi connectivity index (χ2v) is 11.2. The molecule has 0 radical (unpaired) electrons. The van der Waals surface area contributed by atoms with Crippen LogP contribution in [0.2, 0.25) is 0 Å². The molecule has 0 bridgehead atoms. The average molecular weight is 553 g/mol. The van der Waals surface area contributed by atoms with Crippen molar-refractivity contribution < 1.29 is 4.74 Å². The average Bonchev–Trinajstić information content (AvgIpc) is 3.00. The van der Waals surface area contributed by atoms with E-state index in [0.717, 1.165) is 48.7 Å². The van der Waals surface area contributed by atoms with Gasteiger partial charge in [0, 0.05) is 55.6 Å². The smallest absolute Gasteiger partial charge is 0.223 e. The number of fused-ring (bicyclic) bond motifs is 1. The van der Waals surface area contributed by atoms with Gasteiger partial charge in [-0.15, -0.1) is 0 Å². The van der Waals surface area contributed by atoms with Gasteiger partial charge >= 0.3 is 0 Å². The molecule has 0 atom stereocenters. The molecule has 1 N–H and O–H groups in total. The number of methoxy groups -OCH3 is 1. The summed E-state index contributed by atoms with van der Waals surface area (Å²) in [5, 5.41) is 5.94.